The maximum atomic E-state index is 2.56. The fourth-order valence-corrected chi connectivity index (χ4v) is 15.5. The Kier molecular flexibility index (Phi) is 4.26. The van der Waals surface area contributed by atoms with Crippen molar-refractivity contribution >= 4 is 55.4 Å². The molecule has 0 aliphatic carbocycles. The van der Waals surface area contributed by atoms with Gasteiger partial charge in [-0.05, 0) is 50.8 Å². The van der Waals surface area contributed by atoms with Crippen molar-refractivity contribution in [2.75, 3.05) is 0 Å². The van der Waals surface area contributed by atoms with Crippen LogP contribution in [0.25, 0.3) is 20.2 Å². The van der Waals surface area contributed by atoms with Crippen LogP contribution in [0.4, 0.5) is 0 Å². The third kappa shape index (κ3) is 2.21. The van der Waals surface area contributed by atoms with Crippen LogP contribution >= 0.6 is 22.7 Å². The van der Waals surface area contributed by atoms with Crippen LogP contribution in [0.5, 0.6) is 0 Å². The van der Waals surface area contributed by atoms with Crippen molar-refractivity contribution in [3.8, 4) is 0 Å². The number of hydrogen-bond acceptors (Lipinski definition) is 2. The maximum Gasteiger partial charge on any atom is 0.107 e. The van der Waals surface area contributed by atoms with Gasteiger partial charge in [-0.2, -0.15) is 0 Å². The zero-order chi connectivity index (χ0) is 16.1. The number of thiophene rings is 2. The van der Waals surface area contributed by atoms with Crippen LogP contribution in [0.1, 0.15) is 41.5 Å². The first-order valence-electron chi connectivity index (χ1n) is 8.29. The molecule has 0 aliphatic rings. The van der Waals surface area contributed by atoms with Gasteiger partial charge in [0.1, 0.15) is 8.07 Å². The Morgan fingerprint density at radius 2 is 1.36 bits per heavy atom. The average Bonchev–Trinajstić information content (AvgIpc) is 3.02. The summed E-state index contributed by atoms with van der Waals surface area (Å²) in [6.07, 6.45) is 0. The first kappa shape index (κ1) is 16.2. The minimum atomic E-state index is -1.53. The highest BCUT2D eigenvalue weighted by atomic mass is 32.1. The second-order valence-electron chi connectivity index (χ2n) is 7.32. The van der Waals surface area contributed by atoms with E-state index in [1.165, 1.54) is 20.2 Å². The Balaban J connectivity index is 2.30. The molecule has 2 aromatic heterocycles. The van der Waals surface area contributed by atoms with Crippen molar-refractivity contribution in [2.24, 2.45) is 0 Å². The predicted molar refractivity (Wildman–Crippen MR) is 108 cm³/mol. The number of hydrogen-bond donors (Lipinski definition) is 0. The molecular formula is C19H26S2Si. The Morgan fingerprint density at radius 1 is 0.773 bits per heavy atom. The second kappa shape index (κ2) is 5.77. The van der Waals surface area contributed by atoms with Crippen molar-refractivity contribution in [3.63, 3.8) is 0 Å². The highest BCUT2D eigenvalue weighted by Crippen LogP contribution is 2.44. The topological polar surface area (TPSA) is 0 Å². The molecule has 0 atom stereocenters. The molecule has 0 N–H and O–H groups in total. The van der Waals surface area contributed by atoms with Gasteiger partial charge in [-0.1, -0.05) is 41.5 Å². The lowest BCUT2D eigenvalue weighted by Gasteiger charge is -2.42. The molecule has 1 aromatic carbocycles. The second-order valence-corrected chi connectivity index (χ2v) is 15.6. The van der Waals surface area contributed by atoms with Crippen molar-refractivity contribution in [1.29, 1.82) is 0 Å². The van der Waals surface area contributed by atoms with Gasteiger partial charge in [-0.15, -0.1) is 22.7 Å². The summed E-state index contributed by atoms with van der Waals surface area (Å²) in [6, 6.07) is 9.48. The van der Waals surface area contributed by atoms with Crippen LogP contribution in [0.15, 0.2) is 29.6 Å². The van der Waals surface area contributed by atoms with E-state index in [-0.39, 0.29) is 0 Å². The molecule has 0 radical (unpaired) electrons. The Bertz CT molecular complexity index is 770. The van der Waals surface area contributed by atoms with Gasteiger partial charge in [0.2, 0.25) is 0 Å². The van der Waals surface area contributed by atoms with Crippen molar-refractivity contribution in [1.82, 2.24) is 0 Å². The molecule has 3 aromatic rings. The lowest BCUT2D eigenvalue weighted by Crippen LogP contribution is -2.54. The molecule has 22 heavy (non-hydrogen) atoms. The largest absolute Gasteiger partial charge is 0.145 e. The molecule has 0 saturated carbocycles. The van der Waals surface area contributed by atoms with E-state index < -0.39 is 8.07 Å². The van der Waals surface area contributed by atoms with Gasteiger partial charge in [-0.25, -0.2) is 0 Å². The molecule has 3 heteroatoms. The van der Waals surface area contributed by atoms with Crippen LogP contribution in [0.3, 0.4) is 0 Å². The summed E-state index contributed by atoms with van der Waals surface area (Å²) in [7, 11) is -1.53. The van der Waals surface area contributed by atoms with Crippen LogP contribution in [-0.4, -0.2) is 8.07 Å². The van der Waals surface area contributed by atoms with Gasteiger partial charge >= 0.3 is 0 Å². The molecule has 2 heterocycles. The standard InChI is InChI=1S/C19H26S2Si/c1-12(2)22(13(3)4,14(5)6)19-11-16-15-9-10-20-17(15)7-8-18(16)21-19/h7-14H,1-6H3. The molecule has 118 valence electrons. The van der Waals surface area contributed by atoms with Crippen LogP contribution in [-0.2, 0) is 0 Å². The molecular weight excluding hydrogens is 320 g/mol. The molecule has 3 rings (SSSR count). The zero-order valence-corrected chi connectivity index (χ0v) is 17.1. The van der Waals surface area contributed by atoms with E-state index in [2.05, 4.69) is 82.5 Å². The first-order chi connectivity index (χ1) is 10.4. The number of benzene rings is 1. The van der Waals surface area contributed by atoms with Crippen LogP contribution < -0.4 is 4.50 Å². The van der Waals surface area contributed by atoms with Gasteiger partial charge in [0.05, 0.1) is 0 Å². The molecule has 0 amide bonds. The van der Waals surface area contributed by atoms with Gasteiger partial charge in [0, 0.05) is 20.2 Å². The molecule has 0 unspecified atom stereocenters. The maximum absolute atomic E-state index is 2.56. The van der Waals surface area contributed by atoms with Gasteiger partial charge in [0.15, 0.2) is 0 Å². The summed E-state index contributed by atoms with van der Waals surface area (Å²) in [5.74, 6) is 0. The number of rotatable bonds is 4. The van der Waals surface area contributed by atoms with E-state index in [9.17, 15) is 0 Å². The molecule has 0 nitrogen and oxygen atoms in total. The van der Waals surface area contributed by atoms with Crippen molar-refractivity contribution in [3.05, 3.63) is 29.6 Å². The van der Waals surface area contributed by atoms with E-state index >= 15 is 0 Å². The molecule has 0 spiro atoms. The molecule has 0 aliphatic heterocycles. The summed E-state index contributed by atoms with van der Waals surface area (Å²) < 4.78 is 4.60. The van der Waals surface area contributed by atoms with Crippen molar-refractivity contribution < 1.29 is 0 Å². The fourth-order valence-electron chi connectivity index (χ4n) is 4.63. The highest BCUT2D eigenvalue weighted by Gasteiger charge is 2.45. The van der Waals surface area contributed by atoms with Gasteiger partial charge < -0.3 is 0 Å². The summed E-state index contributed by atoms with van der Waals surface area (Å²) in [5.41, 5.74) is 2.33. The fraction of sp³-hybridized carbons (Fsp3) is 0.474. The average molecular weight is 347 g/mol. The Hall–Kier alpha value is -0.643. The van der Waals surface area contributed by atoms with E-state index in [0.29, 0.717) is 0 Å². The van der Waals surface area contributed by atoms with Crippen LogP contribution in [0, 0.1) is 0 Å². The normalized spacial score (nSPS) is 13.3. The van der Waals surface area contributed by atoms with Crippen molar-refractivity contribution in [2.45, 2.75) is 58.2 Å². The lowest BCUT2D eigenvalue weighted by atomic mass is 10.2. The Morgan fingerprint density at radius 3 is 1.95 bits per heavy atom. The molecule has 0 bridgehead atoms. The van der Waals surface area contributed by atoms with Gasteiger partial charge in [-0.3, -0.25) is 0 Å². The zero-order valence-electron chi connectivity index (χ0n) is 14.4. The van der Waals surface area contributed by atoms with E-state index in [0.717, 1.165) is 16.6 Å². The van der Waals surface area contributed by atoms with E-state index in [1.54, 1.807) is 4.50 Å². The summed E-state index contributed by atoms with van der Waals surface area (Å²) >= 11 is 3.93. The SMILES string of the molecule is CC(C)[Si](c1cc2c(ccc3sccc32)s1)(C(C)C)C(C)C. The Labute approximate surface area is 143 Å². The van der Waals surface area contributed by atoms with E-state index in [4.69, 9.17) is 0 Å². The highest BCUT2D eigenvalue weighted by molar-refractivity contribution is 7.32. The minimum Gasteiger partial charge on any atom is -0.145 e. The predicted octanol–water partition coefficient (Wildman–Crippen LogP) is 7.00. The molecule has 0 fully saturated rings. The third-order valence-corrected chi connectivity index (χ3v) is 15.3. The van der Waals surface area contributed by atoms with Gasteiger partial charge in [0.25, 0.3) is 0 Å². The first-order valence-corrected chi connectivity index (χ1v) is 12.2. The monoisotopic (exact) mass is 346 g/mol. The number of fused-ring (bicyclic) bond motifs is 3. The third-order valence-electron chi connectivity index (χ3n) is 5.43. The van der Waals surface area contributed by atoms with Crippen LogP contribution in [0.2, 0.25) is 16.6 Å². The quantitative estimate of drug-likeness (QED) is 0.446. The summed E-state index contributed by atoms with van der Waals surface area (Å²) in [5, 5.41) is 5.15. The smallest absolute Gasteiger partial charge is 0.107 e. The molecule has 0 saturated heterocycles. The summed E-state index contributed by atoms with van der Waals surface area (Å²) in [6.45, 7) is 14.7. The lowest BCUT2D eigenvalue weighted by molar-refractivity contribution is 0.837. The van der Waals surface area contributed by atoms with E-state index in [1.807, 2.05) is 11.3 Å². The minimum absolute atomic E-state index is 0.776. The summed E-state index contributed by atoms with van der Waals surface area (Å²) in [4.78, 5) is 0.